The van der Waals surface area contributed by atoms with Gasteiger partial charge < -0.3 is 10.2 Å². The minimum absolute atomic E-state index is 0.588. The monoisotopic (exact) mass is 306 g/mol. The molecule has 2 aliphatic carbocycles. The Kier molecular flexibility index (Phi) is 5.03. The summed E-state index contributed by atoms with van der Waals surface area (Å²) in [7, 11) is 1.67. The van der Waals surface area contributed by atoms with Gasteiger partial charge in [0.05, 0.1) is 6.10 Å². The molecule has 0 amide bonds. The van der Waals surface area contributed by atoms with Gasteiger partial charge in [0, 0.05) is 12.1 Å². The van der Waals surface area contributed by atoms with Crippen LogP contribution in [0, 0.1) is 11.8 Å². The largest absolute Gasteiger partial charge is 0.389 e. The quantitative estimate of drug-likeness (QED) is 0.534. The molecule has 1 heterocycles. The molecule has 5 unspecified atom stereocenters. The van der Waals surface area contributed by atoms with Crippen LogP contribution in [-0.2, 0) is 0 Å². The molecule has 0 aromatic carbocycles. The minimum Gasteiger partial charge on any atom is -0.389 e. The van der Waals surface area contributed by atoms with E-state index < -0.39 is 12.3 Å². The maximum atomic E-state index is 10.1. The Morgan fingerprint density at radius 3 is 2.91 bits per heavy atom. The SMILES string of the molecule is CCN1C2C=CCCC2C2C=C(C[C@H](O)C(O)NC)CCC21. The highest BCUT2D eigenvalue weighted by molar-refractivity contribution is 5.22. The third kappa shape index (κ3) is 2.90. The highest BCUT2D eigenvalue weighted by Gasteiger charge is 2.47. The van der Waals surface area contributed by atoms with Crippen LogP contribution in [0.3, 0.4) is 0 Å². The van der Waals surface area contributed by atoms with Crippen molar-refractivity contribution in [1.82, 2.24) is 10.2 Å². The molecule has 3 aliphatic rings. The van der Waals surface area contributed by atoms with Gasteiger partial charge in [-0.3, -0.25) is 10.2 Å². The standard InChI is InChI=1S/C18H30N2O2/c1-3-20-15-7-5-4-6-13(15)14-10-12(8-9-16(14)20)11-17(21)18(22)19-2/h5,7,10,13-19,21-22H,3-4,6,8-9,11H2,1-2H3/t13?,14?,15?,16?,17-,18?/m0/s1. The average molecular weight is 306 g/mol. The molecule has 0 aromatic heterocycles. The summed E-state index contributed by atoms with van der Waals surface area (Å²) in [5, 5.41) is 22.5. The predicted molar refractivity (Wildman–Crippen MR) is 88.3 cm³/mol. The Balaban J connectivity index is 1.75. The van der Waals surface area contributed by atoms with Crippen molar-refractivity contribution in [3.63, 3.8) is 0 Å². The third-order valence-corrected chi connectivity index (χ3v) is 5.87. The molecule has 0 bridgehead atoms. The summed E-state index contributed by atoms with van der Waals surface area (Å²) in [5.74, 6) is 1.36. The van der Waals surface area contributed by atoms with Gasteiger partial charge in [0.15, 0.2) is 0 Å². The first-order chi connectivity index (χ1) is 10.7. The zero-order chi connectivity index (χ0) is 15.7. The van der Waals surface area contributed by atoms with Crippen molar-refractivity contribution >= 4 is 0 Å². The summed E-state index contributed by atoms with van der Waals surface area (Å²) in [6.45, 7) is 3.39. The van der Waals surface area contributed by atoms with Crippen molar-refractivity contribution in [3.8, 4) is 0 Å². The van der Waals surface area contributed by atoms with E-state index in [1.165, 1.54) is 24.8 Å². The van der Waals surface area contributed by atoms with Crippen molar-refractivity contribution < 1.29 is 10.2 Å². The lowest BCUT2D eigenvalue weighted by Gasteiger charge is -2.32. The Hall–Kier alpha value is -0.680. The highest BCUT2D eigenvalue weighted by Crippen LogP contribution is 2.46. The van der Waals surface area contributed by atoms with Crippen molar-refractivity contribution in [3.05, 3.63) is 23.8 Å². The van der Waals surface area contributed by atoms with E-state index in [9.17, 15) is 10.2 Å². The normalized spacial score (nSPS) is 37.4. The van der Waals surface area contributed by atoms with Crippen molar-refractivity contribution in [2.45, 2.75) is 63.4 Å². The lowest BCUT2D eigenvalue weighted by Crippen LogP contribution is -2.39. The van der Waals surface area contributed by atoms with Crippen molar-refractivity contribution in [2.24, 2.45) is 11.8 Å². The summed E-state index contributed by atoms with van der Waals surface area (Å²) < 4.78 is 0. The lowest BCUT2D eigenvalue weighted by molar-refractivity contribution is 0.00296. The molecule has 0 spiro atoms. The molecule has 124 valence electrons. The average Bonchev–Trinajstić information content (AvgIpc) is 2.87. The molecular weight excluding hydrogens is 276 g/mol. The van der Waals surface area contributed by atoms with E-state index in [-0.39, 0.29) is 0 Å². The number of allylic oxidation sites excluding steroid dienone is 1. The highest BCUT2D eigenvalue weighted by atomic mass is 16.3. The number of likely N-dealkylation sites (N-methyl/N-ethyl adjacent to an activating group) is 2. The number of aliphatic hydroxyl groups is 2. The van der Waals surface area contributed by atoms with Crippen molar-refractivity contribution in [2.75, 3.05) is 13.6 Å². The number of hydrogen-bond acceptors (Lipinski definition) is 4. The van der Waals surface area contributed by atoms with Gasteiger partial charge in [-0.1, -0.05) is 30.7 Å². The van der Waals surface area contributed by atoms with Gasteiger partial charge in [0.2, 0.25) is 0 Å². The smallest absolute Gasteiger partial charge is 0.131 e. The van der Waals surface area contributed by atoms with Crippen LogP contribution in [0.1, 0.15) is 39.0 Å². The molecule has 0 saturated carbocycles. The van der Waals surface area contributed by atoms with Gasteiger partial charge in [-0.25, -0.2) is 0 Å². The first kappa shape index (κ1) is 16.2. The molecule has 4 nitrogen and oxygen atoms in total. The van der Waals surface area contributed by atoms with E-state index >= 15 is 0 Å². The van der Waals surface area contributed by atoms with Crippen molar-refractivity contribution in [1.29, 1.82) is 0 Å². The lowest BCUT2D eigenvalue weighted by atomic mass is 9.76. The molecule has 3 N–H and O–H groups in total. The number of likely N-dealkylation sites (tertiary alicyclic amines) is 1. The van der Waals surface area contributed by atoms with E-state index in [1.54, 1.807) is 7.05 Å². The molecule has 1 saturated heterocycles. The van der Waals surface area contributed by atoms with Gasteiger partial charge in [-0.2, -0.15) is 0 Å². The number of aliphatic hydroxyl groups excluding tert-OH is 2. The number of fused-ring (bicyclic) bond motifs is 3. The van der Waals surface area contributed by atoms with Crippen LogP contribution in [0.15, 0.2) is 23.8 Å². The Morgan fingerprint density at radius 1 is 1.36 bits per heavy atom. The number of hydrogen-bond donors (Lipinski definition) is 3. The Labute approximate surface area is 133 Å². The second kappa shape index (κ2) is 6.83. The summed E-state index contributed by atoms with van der Waals surface area (Å²) in [5.41, 5.74) is 1.33. The Morgan fingerprint density at radius 2 is 2.18 bits per heavy atom. The second-order valence-corrected chi connectivity index (χ2v) is 7.00. The number of rotatable bonds is 5. The van der Waals surface area contributed by atoms with Crippen LogP contribution in [0.5, 0.6) is 0 Å². The molecule has 22 heavy (non-hydrogen) atoms. The molecule has 1 fully saturated rings. The van der Waals surface area contributed by atoms with Gasteiger partial charge >= 0.3 is 0 Å². The van der Waals surface area contributed by atoms with Crippen LogP contribution < -0.4 is 5.32 Å². The maximum absolute atomic E-state index is 10.1. The van der Waals surface area contributed by atoms with Gasteiger partial charge in [-0.05, 0) is 57.5 Å². The summed E-state index contributed by atoms with van der Waals surface area (Å²) >= 11 is 0. The van der Waals surface area contributed by atoms with Gasteiger partial charge in [0.1, 0.15) is 6.23 Å². The second-order valence-electron chi connectivity index (χ2n) is 7.00. The molecule has 4 heteroatoms. The zero-order valence-corrected chi connectivity index (χ0v) is 13.8. The predicted octanol–water partition coefficient (Wildman–Crippen LogP) is 1.65. The molecule has 1 aliphatic heterocycles. The van der Waals surface area contributed by atoms with Crippen LogP contribution in [0.25, 0.3) is 0 Å². The maximum Gasteiger partial charge on any atom is 0.131 e. The van der Waals surface area contributed by atoms with Gasteiger partial charge in [0.25, 0.3) is 0 Å². The molecule has 0 aromatic rings. The van der Waals surface area contributed by atoms with Crippen LogP contribution in [-0.4, -0.2) is 53.1 Å². The van der Waals surface area contributed by atoms with E-state index in [1.807, 2.05) is 0 Å². The fourth-order valence-electron chi connectivity index (χ4n) is 4.81. The topological polar surface area (TPSA) is 55.7 Å². The van der Waals surface area contributed by atoms with Crippen LogP contribution in [0.4, 0.5) is 0 Å². The van der Waals surface area contributed by atoms with Crippen LogP contribution >= 0.6 is 0 Å². The number of nitrogens with one attached hydrogen (secondary N) is 1. The molecule has 0 radical (unpaired) electrons. The fraction of sp³-hybridized carbons (Fsp3) is 0.778. The summed E-state index contributed by atoms with van der Waals surface area (Å²) in [4.78, 5) is 2.68. The van der Waals surface area contributed by atoms with E-state index in [4.69, 9.17) is 0 Å². The summed E-state index contributed by atoms with van der Waals surface area (Å²) in [6.07, 6.45) is 11.0. The molecular formula is C18H30N2O2. The molecule has 3 rings (SSSR count). The first-order valence-corrected chi connectivity index (χ1v) is 8.81. The van der Waals surface area contributed by atoms with Crippen LogP contribution in [0.2, 0.25) is 0 Å². The Bertz CT molecular complexity index is 448. The van der Waals surface area contributed by atoms with E-state index in [2.05, 4.69) is 35.4 Å². The van der Waals surface area contributed by atoms with E-state index in [0.29, 0.717) is 24.4 Å². The molecule has 6 atom stereocenters. The summed E-state index contributed by atoms with van der Waals surface area (Å²) in [6, 6.07) is 1.27. The third-order valence-electron chi connectivity index (χ3n) is 5.87. The van der Waals surface area contributed by atoms with E-state index in [0.717, 1.165) is 18.9 Å². The first-order valence-electron chi connectivity index (χ1n) is 8.81. The fourth-order valence-corrected chi connectivity index (χ4v) is 4.81. The zero-order valence-electron chi connectivity index (χ0n) is 13.8. The number of nitrogens with zero attached hydrogens (tertiary/aromatic N) is 1. The van der Waals surface area contributed by atoms with Gasteiger partial charge in [-0.15, -0.1) is 0 Å². The minimum atomic E-state index is -0.834.